The van der Waals surface area contributed by atoms with E-state index in [1.807, 2.05) is 4.90 Å². The molecule has 0 aliphatic carbocycles. The van der Waals surface area contributed by atoms with Gasteiger partial charge in [-0.3, -0.25) is 4.98 Å². The number of ether oxygens (including phenoxy) is 2. The highest BCUT2D eigenvalue weighted by Gasteiger charge is 2.17. The van der Waals surface area contributed by atoms with Gasteiger partial charge < -0.3 is 14.4 Å². The van der Waals surface area contributed by atoms with Crippen molar-refractivity contribution < 1.29 is 18.3 Å². The molecule has 1 aliphatic rings. The minimum Gasteiger partial charge on any atom is -0.423 e. The van der Waals surface area contributed by atoms with Crippen LogP contribution in [0.1, 0.15) is 0 Å². The van der Waals surface area contributed by atoms with Crippen LogP contribution in [0.25, 0.3) is 11.3 Å². The summed E-state index contributed by atoms with van der Waals surface area (Å²) < 4.78 is 39.4. The van der Waals surface area contributed by atoms with Crippen LogP contribution in [0, 0.1) is 11.6 Å². The Hall–Kier alpha value is -3.13. The van der Waals surface area contributed by atoms with Crippen molar-refractivity contribution in [3.8, 4) is 23.0 Å². The van der Waals surface area contributed by atoms with E-state index in [9.17, 15) is 8.78 Å². The lowest BCUT2D eigenvalue weighted by atomic mass is 10.1. The molecule has 4 rings (SSSR count). The maximum absolute atomic E-state index is 14.4. The monoisotopic (exact) mass is 370 g/mol. The van der Waals surface area contributed by atoms with Crippen molar-refractivity contribution in [3.05, 3.63) is 60.6 Å². The van der Waals surface area contributed by atoms with Crippen LogP contribution in [0.5, 0.6) is 11.8 Å². The van der Waals surface area contributed by atoms with Crippen LogP contribution in [-0.4, -0.2) is 41.3 Å². The van der Waals surface area contributed by atoms with E-state index in [2.05, 4.69) is 15.0 Å². The highest BCUT2D eigenvalue weighted by Crippen LogP contribution is 2.29. The number of hydrogen-bond donors (Lipinski definition) is 0. The zero-order valence-electron chi connectivity index (χ0n) is 14.3. The Morgan fingerprint density at radius 1 is 1.07 bits per heavy atom. The van der Waals surface area contributed by atoms with Gasteiger partial charge in [-0.15, -0.1) is 0 Å². The summed E-state index contributed by atoms with van der Waals surface area (Å²) in [6.07, 6.45) is 4.10. The summed E-state index contributed by atoms with van der Waals surface area (Å²) >= 11 is 0. The summed E-state index contributed by atoms with van der Waals surface area (Å²) in [5.41, 5.74) is 0.936. The van der Waals surface area contributed by atoms with Crippen LogP contribution < -0.4 is 9.64 Å². The molecule has 0 spiro atoms. The fourth-order valence-electron chi connectivity index (χ4n) is 2.83. The van der Waals surface area contributed by atoms with Gasteiger partial charge in [0.2, 0.25) is 0 Å². The Morgan fingerprint density at radius 3 is 2.70 bits per heavy atom. The van der Waals surface area contributed by atoms with Crippen molar-refractivity contribution in [2.24, 2.45) is 0 Å². The second-order valence-electron chi connectivity index (χ2n) is 5.94. The molecule has 0 N–H and O–H groups in total. The van der Waals surface area contributed by atoms with Gasteiger partial charge in [0.1, 0.15) is 17.3 Å². The number of benzene rings is 1. The average Bonchev–Trinajstić information content (AvgIpc) is 2.70. The average molecular weight is 370 g/mol. The lowest BCUT2D eigenvalue weighted by Gasteiger charge is -2.29. The third kappa shape index (κ3) is 4.01. The van der Waals surface area contributed by atoms with Gasteiger partial charge in [-0.25, -0.2) is 13.8 Å². The van der Waals surface area contributed by atoms with Gasteiger partial charge in [0.05, 0.1) is 25.6 Å². The van der Waals surface area contributed by atoms with E-state index in [1.165, 1.54) is 18.3 Å². The first kappa shape index (κ1) is 17.3. The summed E-state index contributed by atoms with van der Waals surface area (Å²) in [5.74, 6) is -0.711. The number of anilines is 1. The molecular formula is C19H16F2N4O2. The van der Waals surface area contributed by atoms with Crippen LogP contribution in [-0.2, 0) is 4.74 Å². The Labute approximate surface area is 154 Å². The molecular weight excluding hydrogens is 354 g/mol. The molecule has 0 unspecified atom stereocenters. The van der Waals surface area contributed by atoms with Crippen molar-refractivity contribution >= 4 is 5.69 Å². The first-order valence-corrected chi connectivity index (χ1v) is 8.43. The predicted octanol–water partition coefficient (Wildman–Crippen LogP) is 3.45. The van der Waals surface area contributed by atoms with Gasteiger partial charge in [0, 0.05) is 30.5 Å². The summed E-state index contributed by atoms with van der Waals surface area (Å²) in [6.45, 7) is 2.42. The van der Waals surface area contributed by atoms with Crippen molar-refractivity contribution in [1.82, 2.24) is 15.0 Å². The van der Waals surface area contributed by atoms with Gasteiger partial charge >= 0.3 is 6.01 Å². The Kier molecular flexibility index (Phi) is 4.88. The van der Waals surface area contributed by atoms with Crippen molar-refractivity contribution in [2.45, 2.75) is 0 Å². The van der Waals surface area contributed by atoms with Crippen LogP contribution in [0.2, 0.25) is 0 Å². The largest absolute Gasteiger partial charge is 0.423 e. The lowest BCUT2D eigenvalue weighted by molar-refractivity contribution is 0.122. The number of nitrogens with zero attached hydrogens (tertiary/aromatic N) is 4. The van der Waals surface area contributed by atoms with E-state index < -0.39 is 11.6 Å². The third-order valence-electron chi connectivity index (χ3n) is 4.10. The quantitative estimate of drug-likeness (QED) is 0.701. The van der Waals surface area contributed by atoms with E-state index in [1.54, 1.807) is 24.4 Å². The first-order valence-electron chi connectivity index (χ1n) is 8.43. The minimum absolute atomic E-state index is 0.0297. The van der Waals surface area contributed by atoms with E-state index in [0.29, 0.717) is 43.3 Å². The maximum atomic E-state index is 14.4. The smallest absolute Gasteiger partial charge is 0.322 e. The molecule has 0 amide bonds. The minimum atomic E-state index is -0.660. The molecule has 27 heavy (non-hydrogen) atoms. The van der Waals surface area contributed by atoms with Crippen LogP contribution in [0.4, 0.5) is 14.5 Å². The third-order valence-corrected chi connectivity index (χ3v) is 4.10. The zero-order chi connectivity index (χ0) is 18.6. The molecule has 0 atom stereocenters. The Balaban J connectivity index is 1.68. The zero-order valence-corrected chi connectivity index (χ0v) is 14.3. The standard InChI is InChI=1S/C19H16F2N4O2/c20-14-8-13(9-15(10-14)25-4-6-26-7-5-25)18-17(21)12-23-19(24-18)27-16-2-1-3-22-11-16/h1-3,8-12H,4-7H2. The fourth-order valence-corrected chi connectivity index (χ4v) is 2.83. The molecule has 1 fully saturated rings. The molecule has 8 heteroatoms. The van der Waals surface area contributed by atoms with Crippen molar-refractivity contribution in [1.29, 1.82) is 0 Å². The number of pyridine rings is 1. The van der Waals surface area contributed by atoms with Gasteiger partial charge in [0.25, 0.3) is 0 Å². The first-order chi connectivity index (χ1) is 13.2. The summed E-state index contributed by atoms with van der Waals surface area (Å²) in [5, 5.41) is 0. The van der Waals surface area contributed by atoms with E-state index >= 15 is 0 Å². The number of morpholine rings is 1. The van der Waals surface area contributed by atoms with Crippen LogP contribution in [0.15, 0.2) is 48.9 Å². The summed E-state index contributed by atoms with van der Waals surface area (Å²) in [7, 11) is 0. The summed E-state index contributed by atoms with van der Waals surface area (Å²) in [6, 6.07) is 7.69. The number of hydrogen-bond acceptors (Lipinski definition) is 6. The van der Waals surface area contributed by atoms with Gasteiger partial charge in [-0.2, -0.15) is 4.98 Å². The van der Waals surface area contributed by atoms with Crippen molar-refractivity contribution in [2.75, 3.05) is 31.2 Å². The lowest BCUT2D eigenvalue weighted by Crippen LogP contribution is -2.36. The molecule has 3 aromatic rings. The fraction of sp³-hybridized carbons (Fsp3) is 0.211. The topological polar surface area (TPSA) is 60.4 Å². The molecule has 6 nitrogen and oxygen atoms in total. The maximum Gasteiger partial charge on any atom is 0.322 e. The SMILES string of the molecule is Fc1cc(-c2nc(Oc3cccnc3)ncc2F)cc(N2CCOCC2)c1. The van der Waals surface area contributed by atoms with Crippen molar-refractivity contribution in [3.63, 3.8) is 0 Å². The van der Waals surface area contributed by atoms with E-state index in [4.69, 9.17) is 9.47 Å². The van der Waals surface area contributed by atoms with E-state index in [0.717, 1.165) is 6.20 Å². The Morgan fingerprint density at radius 2 is 1.93 bits per heavy atom. The molecule has 0 bridgehead atoms. The summed E-state index contributed by atoms with van der Waals surface area (Å²) in [4.78, 5) is 13.9. The molecule has 0 saturated carbocycles. The molecule has 3 heterocycles. The molecule has 1 aliphatic heterocycles. The van der Waals surface area contributed by atoms with Gasteiger partial charge in [-0.1, -0.05) is 0 Å². The van der Waals surface area contributed by atoms with E-state index in [-0.39, 0.29) is 11.7 Å². The molecule has 1 aromatic carbocycles. The molecule has 1 saturated heterocycles. The normalized spacial score (nSPS) is 14.2. The van der Waals surface area contributed by atoms with Crippen LogP contribution in [0.3, 0.4) is 0 Å². The predicted molar refractivity (Wildman–Crippen MR) is 94.7 cm³/mol. The van der Waals surface area contributed by atoms with Gasteiger partial charge in [-0.05, 0) is 30.3 Å². The highest BCUT2D eigenvalue weighted by molar-refractivity contribution is 5.66. The number of aromatic nitrogens is 3. The highest BCUT2D eigenvalue weighted by atomic mass is 19.1. The second-order valence-corrected chi connectivity index (χ2v) is 5.94. The van der Waals surface area contributed by atoms with Crippen LogP contribution >= 0.6 is 0 Å². The number of halogens is 2. The van der Waals surface area contributed by atoms with Gasteiger partial charge in [0.15, 0.2) is 5.82 Å². The molecule has 2 aromatic heterocycles. The molecule has 0 radical (unpaired) electrons. The Bertz CT molecular complexity index is 934. The molecule has 138 valence electrons. The number of rotatable bonds is 4. The second kappa shape index (κ2) is 7.63.